The molecule has 10 nitrogen and oxygen atoms in total. The summed E-state index contributed by atoms with van der Waals surface area (Å²) < 4.78 is 18.9. The molecule has 0 saturated heterocycles. The molecule has 0 aliphatic carbocycles. The molecular weight excluding hydrogens is 556 g/mol. The number of benzene rings is 3. The Morgan fingerprint density at radius 2 is 1.89 bits per heavy atom. The van der Waals surface area contributed by atoms with Gasteiger partial charge in [-0.1, -0.05) is 39.7 Å². The molecule has 36 heavy (non-hydrogen) atoms. The number of rotatable bonds is 9. The molecule has 184 valence electrons. The third-order valence-corrected chi connectivity index (χ3v) is 5.57. The van der Waals surface area contributed by atoms with Gasteiger partial charge in [-0.05, 0) is 36.4 Å². The lowest BCUT2D eigenvalue weighted by atomic mass is 10.2. The lowest BCUT2D eigenvalue weighted by Crippen LogP contribution is -2.14. The monoisotopic (exact) mass is 572 g/mol. The Kier molecular flexibility index (Phi) is 7.71. The molecule has 1 N–H and O–H groups in total. The molecule has 0 unspecified atom stereocenters. The zero-order valence-electron chi connectivity index (χ0n) is 18.7. The van der Waals surface area contributed by atoms with E-state index in [4.69, 9.17) is 25.8 Å². The topological polar surface area (TPSA) is 118 Å². The van der Waals surface area contributed by atoms with E-state index in [0.29, 0.717) is 22.3 Å². The van der Waals surface area contributed by atoms with Crippen molar-refractivity contribution in [3.63, 3.8) is 0 Å². The van der Waals surface area contributed by atoms with Gasteiger partial charge in [-0.25, -0.2) is 4.68 Å². The van der Waals surface area contributed by atoms with Gasteiger partial charge in [0.15, 0.2) is 23.9 Å². The zero-order chi connectivity index (χ0) is 25.7. The first-order valence-electron chi connectivity index (χ1n) is 10.4. The fourth-order valence-corrected chi connectivity index (χ4v) is 3.86. The van der Waals surface area contributed by atoms with Crippen LogP contribution in [-0.4, -0.2) is 27.7 Å². The number of nitrogens with one attached hydrogen (secondary N) is 1. The smallest absolute Gasteiger partial charge is 0.276 e. The fourth-order valence-electron chi connectivity index (χ4n) is 3.13. The molecule has 0 atom stereocenters. The second-order valence-electron chi connectivity index (χ2n) is 7.27. The van der Waals surface area contributed by atoms with Crippen molar-refractivity contribution in [3.05, 3.63) is 98.2 Å². The summed E-state index contributed by atoms with van der Waals surface area (Å²) >= 11 is 9.47. The van der Waals surface area contributed by atoms with Crippen molar-refractivity contribution in [1.29, 1.82) is 0 Å². The second-order valence-corrected chi connectivity index (χ2v) is 8.59. The highest BCUT2D eigenvalue weighted by Gasteiger charge is 2.16. The summed E-state index contributed by atoms with van der Waals surface area (Å²) in [5, 5.41) is 18.7. The molecule has 0 spiro atoms. The summed E-state index contributed by atoms with van der Waals surface area (Å²) in [7, 11) is 1.49. The average Bonchev–Trinajstić information content (AvgIpc) is 3.33. The first kappa shape index (κ1) is 25.0. The quantitative estimate of drug-likeness (QED) is 0.184. The summed E-state index contributed by atoms with van der Waals surface area (Å²) in [6, 6.07) is 17.5. The van der Waals surface area contributed by atoms with Crippen molar-refractivity contribution in [2.24, 2.45) is 0 Å². The van der Waals surface area contributed by atoms with Crippen LogP contribution in [0.5, 0.6) is 23.0 Å². The number of hydrogen-bond acceptors (Lipinski definition) is 7. The third-order valence-electron chi connectivity index (χ3n) is 4.78. The van der Waals surface area contributed by atoms with E-state index in [1.807, 2.05) is 0 Å². The summed E-state index contributed by atoms with van der Waals surface area (Å²) in [6.45, 7) is 0.0162. The molecule has 4 rings (SSSR count). The number of aromatic nitrogens is 2. The molecule has 4 aromatic rings. The Morgan fingerprint density at radius 1 is 1.11 bits per heavy atom. The maximum Gasteiger partial charge on any atom is 0.276 e. The van der Waals surface area contributed by atoms with E-state index >= 15 is 0 Å². The minimum Gasteiger partial charge on any atom is -0.493 e. The molecule has 1 heterocycles. The lowest BCUT2D eigenvalue weighted by molar-refractivity contribution is -0.384. The predicted molar refractivity (Wildman–Crippen MR) is 136 cm³/mol. The molecule has 0 bridgehead atoms. The summed E-state index contributed by atoms with van der Waals surface area (Å²) in [6.07, 6.45) is 1.56. The third kappa shape index (κ3) is 6.12. The maximum absolute atomic E-state index is 12.8. The number of amides is 1. The molecule has 12 heteroatoms. The van der Waals surface area contributed by atoms with Crippen LogP contribution in [0.15, 0.2) is 77.4 Å². The van der Waals surface area contributed by atoms with Gasteiger partial charge in [-0.2, -0.15) is 5.10 Å². The highest BCUT2D eigenvalue weighted by atomic mass is 79.9. The number of para-hydroxylation sites is 2. The number of methoxy groups -OCH3 is 1. The van der Waals surface area contributed by atoms with Crippen molar-refractivity contribution in [2.45, 2.75) is 6.73 Å². The number of nitro benzene ring substituents is 1. The Bertz CT molecular complexity index is 1430. The summed E-state index contributed by atoms with van der Waals surface area (Å²) in [4.78, 5) is 23.6. The average molecular weight is 574 g/mol. The predicted octanol–water partition coefficient (Wildman–Crippen LogP) is 6.30. The SMILES string of the molecule is COc1ccccc1Oc1cc(NC(=O)c2ccn(COc3ccc(Br)cc3Cl)n2)cc([N+](=O)[O-])c1. The Balaban J connectivity index is 1.48. The molecule has 1 amide bonds. The van der Waals surface area contributed by atoms with E-state index in [1.54, 1.807) is 48.7 Å². The van der Waals surface area contributed by atoms with Gasteiger partial charge in [0.2, 0.25) is 0 Å². The molecule has 3 aromatic carbocycles. The lowest BCUT2D eigenvalue weighted by Gasteiger charge is -2.11. The number of nitrogens with zero attached hydrogens (tertiary/aromatic N) is 3. The highest BCUT2D eigenvalue weighted by molar-refractivity contribution is 9.10. The van der Waals surface area contributed by atoms with Crippen LogP contribution in [0.2, 0.25) is 5.02 Å². The van der Waals surface area contributed by atoms with E-state index in [2.05, 4.69) is 26.3 Å². The zero-order valence-corrected chi connectivity index (χ0v) is 21.0. The molecule has 0 fully saturated rings. The van der Waals surface area contributed by atoms with Crippen molar-refractivity contribution in [1.82, 2.24) is 9.78 Å². The van der Waals surface area contributed by atoms with Gasteiger partial charge in [-0.15, -0.1) is 0 Å². The van der Waals surface area contributed by atoms with Crippen LogP contribution >= 0.6 is 27.5 Å². The number of nitro groups is 1. The minimum atomic E-state index is -0.579. The number of carbonyl (C=O) groups excluding carboxylic acids is 1. The van der Waals surface area contributed by atoms with Gasteiger partial charge in [0.05, 0.1) is 28.8 Å². The van der Waals surface area contributed by atoms with Crippen LogP contribution in [-0.2, 0) is 6.73 Å². The van der Waals surface area contributed by atoms with Crippen LogP contribution in [0, 0.1) is 10.1 Å². The van der Waals surface area contributed by atoms with Crippen LogP contribution in [0.3, 0.4) is 0 Å². The molecule has 0 aliphatic heterocycles. The van der Waals surface area contributed by atoms with Gasteiger partial charge >= 0.3 is 0 Å². The van der Waals surface area contributed by atoms with Gasteiger partial charge in [0.1, 0.15) is 11.5 Å². The van der Waals surface area contributed by atoms with Crippen molar-refractivity contribution in [3.8, 4) is 23.0 Å². The normalized spacial score (nSPS) is 10.5. The first-order valence-corrected chi connectivity index (χ1v) is 11.5. The second kappa shape index (κ2) is 11.1. The Labute approximate surface area is 218 Å². The number of hydrogen-bond donors (Lipinski definition) is 1. The summed E-state index contributed by atoms with van der Waals surface area (Å²) in [5.74, 6) is 0.850. The van der Waals surface area contributed by atoms with Gasteiger partial charge in [-0.3, -0.25) is 14.9 Å². The molecule has 0 saturated carbocycles. The van der Waals surface area contributed by atoms with Crippen molar-refractivity contribution >= 4 is 44.8 Å². The minimum absolute atomic E-state index is 0.0162. The largest absolute Gasteiger partial charge is 0.493 e. The molecule has 0 radical (unpaired) electrons. The van der Waals surface area contributed by atoms with Crippen molar-refractivity contribution in [2.75, 3.05) is 12.4 Å². The van der Waals surface area contributed by atoms with E-state index in [-0.39, 0.29) is 29.5 Å². The number of non-ortho nitro benzene ring substituents is 1. The van der Waals surface area contributed by atoms with Crippen molar-refractivity contribution < 1.29 is 23.9 Å². The Hall–Kier alpha value is -4.09. The van der Waals surface area contributed by atoms with E-state index in [9.17, 15) is 14.9 Å². The molecule has 0 aliphatic rings. The number of carbonyl (C=O) groups is 1. The van der Waals surface area contributed by atoms with E-state index in [1.165, 1.54) is 36.1 Å². The van der Waals surface area contributed by atoms with E-state index < -0.39 is 10.8 Å². The number of anilines is 1. The number of ether oxygens (including phenoxy) is 3. The van der Waals surface area contributed by atoms with Crippen LogP contribution in [0.4, 0.5) is 11.4 Å². The van der Waals surface area contributed by atoms with Gasteiger partial charge in [0, 0.05) is 22.8 Å². The fraction of sp³-hybridized carbons (Fsp3) is 0.0833. The van der Waals surface area contributed by atoms with Crippen LogP contribution < -0.4 is 19.5 Å². The van der Waals surface area contributed by atoms with Crippen LogP contribution in [0.1, 0.15) is 10.5 Å². The highest BCUT2D eigenvalue weighted by Crippen LogP contribution is 2.34. The summed E-state index contributed by atoms with van der Waals surface area (Å²) in [5.41, 5.74) is -0.0197. The first-order chi connectivity index (χ1) is 17.3. The van der Waals surface area contributed by atoms with Crippen LogP contribution in [0.25, 0.3) is 0 Å². The number of halogens is 2. The van der Waals surface area contributed by atoms with Gasteiger partial charge in [0.25, 0.3) is 11.6 Å². The standard InChI is InChI=1S/C24H18BrClN4O6/c1-34-22-4-2-3-5-23(22)36-18-12-16(11-17(13-18)30(32)33)27-24(31)20-8-9-29(28-20)14-35-21-7-6-15(25)10-19(21)26/h2-13H,14H2,1H3,(H,27,31). The Morgan fingerprint density at radius 3 is 2.61 bits per heavy atom. The van der Waals surface area contributed by atoms with E-state index in [0.717, 1.165) is 4.47 Å². The maximum atomic E-state index is 12.8. The molecular formula is C24H18BrClN4O6. The van der Waals surface area contributed by atoms with Gasteiger partial charge < -0.3 is 19.5 Å². The molecule has 1 aromatic heterocycles.